The molecule has 126 valence electrons. The van der Waals surface area contributed by atoms with Crippen LogP contribution in [-0.4, -0.2) is 40.6 Å². The summed E-state index contributed by atoms with van der Waals surface area (Å²) >= 11 is 0. The first-order valence-corrected chi connectivity index (χ1v) is 6.90. The molecule has 1 aliphatic rings. The topological polar surface area (TPSA) is 72.7 Å². The van der Waals surface area contributed by atoms with Crippen molar-refractivity contribution in [1.29, 1.82) is 0 Å². The van der Waals surface area contributed by atoms with Gasteiger partial charge in [0.2, 0.25) is 0 Å². The summed E-state index contributed by atoms with van der Waals surface area (Å²) in [5.41, 5.74) is -0.800. The maximum absolute atomic E-state index is 12.4. The van der Waals surface area contributed by atoms with Crippen LogP contribution in [0.4, 0.5) is 18.9 Å². The zero-order chi connectivity index (χ0) is 17.3. The normalized spacial score (nSPS) is 17.7. The third-order valence-corrected chi connectivity index (χ3v) is 3.76. The van der Waals surface area contributed by atoms with Crippen LogP contribution in [0.3, 0.4) is 0 Å². The Kier molecular flexibility index (Phi) is 4.49. The SMILES string of the molecule is CC1(Oc2ccc([N+](=O)[O-])cc2)CCN(C(=O)C(F)(F)F)CC1. The lowest BCUT2D eigenvalue weighted by Crippen LogP contribution is -2.51. The second kappa shape index (κ2) is 6.05. The van der Waals surface area contributed by atoms with Crippen molar-refractivity contribution in [3.05, 3.63) is 34.4 Å². The maximum Gasteiger partial charge on any atom is 0.471 e. The number of carbonyl (C=O) groups excluding carboxylic acids is 1. The second-order valence-corrected chi connectivity index (χ2v) is 5.59. The predicted molar refractivity (Wildman–Crippen MR) is 74.0 cm³/mol. The van der Waals surface area contributed by atoms with E-state index >= 15 is 0 Å². The molecule has 0 aliphatic carbocycles. The fraction of sp³-hybridized carbons (Fsp3) is 0.500. The highest BCUT2D eigenvalue weighted by Gasteiger charge is 2.45. The van der Waals surface area contributed by atoms with E-state index in [2.05, 4.69) is 0 Å². The van der Waals surface area contributed by atoms with Crippen molar-refractivity contribution < 1.29 is 27.6 Å². The number of nitro groups is 1. The average Bonchev–Trinajstić information content (AvgIpc) is 2.46. The standard InChI is InChI=1S/C14H15F3N2O4/c1-13(23-11-4-2-10(3-5-11)19(21)22)6-8-18(9-7-13)12(20)14(15,16)17/h2-5H,6-9H2,1H3. The lowest BCUT2D eigenvalue weighted by Gasteiger charge is -2.39. The number of non-ortho nitro benzene ring substituents is 1. The van der Waals surface area contributed by atoms with E-state index in [0.717, 1.165) is 4.90 Å². The number of piperidine rings is 1. The Hall–Kier alpha value is -2.32. The first-order valence-electron chi connectivity index (χ1n) is 6.90. The fourth-order valence-corrected chi connectivity index (χ4v) is 2.38. The maximum atomic E-state index is 12.4. The number of halogens is 3. The lowest BCUT2D eigenvalue weighted by atomic mass is 9.93. The van der Waals surface area contributed by atoms with Crippen molar-refractivity contribution in [2.75, 3.05) is 13.1 Å². The summed E-state index contributed by atoms with van der Waals surface area (Å²) < 4.78 is 42.9. The number of carbonyl (C=O) groups is 1. The molecule has 1 aromatic carbocycles. The Morgan fingerprint density at radius 1 is 1.26 bits per heavy atom. The third-order valence-electron chi connectivity index (χ3n) is 3.76. The van der Waals surface area contributed by atoms with Gasteiger partial charge in [-0.05, 0) is 19.1 Å². The van der Waals surface area contributed by atoms with E-state index in [9.17, 15) is 28.1 Å². The molecule has 0 N–H and O–H groups in total. The molecule has 1 saturated heterocycles. The van der Waals surface area contributed by atoms with E-state index in [1.807, 2.05) is 0 Å². The van der Waals surface area contributed by atoms with Gasteiger partial charge in [-0.1, -0.05) is 0 Å². The van der Waals surface area contributed by atoms with Crippen LogP contribution in [0.1, 0.15) is 19.8 Å². The van der Waals surface area contributed by atoms with Gasteiger partial charge < -0.3 is 9.64 Å². The Morgan fingerprint density at radius 3 is 2.22 bits per heavy atom. The smallest absolute Gasteiger partial charge is 0.471 e. The van der Waals surface area contributed by atoms with Crippen molar-refractivity contribution in [1.82, 2.24) is 4.90 Å². The molecule has 1 heterocycles. The summed E-state index contributed by atoms with van der Waals surface area (Å²) in [4.78, 5) is 22.0. The predicted octanol–water partition coefficient (Wildman–Crippen LogP) is 2.92. The molecular formula is C14H15F3N2O4. The Labute approximate surface area is 130 Å². The quantitative estimate of drug-likeness (QED) is 0.630. The summed E-state index contributed by atoms with van der Waals surface area (Å²) in [7, 11) is 0. The number of alkyl halides is 3. The van der Waals surface area contributed by atoms with Crippen molar-refractivity contribution in [2.45, 2.75) is 31.5 Å². The van der Waals surface area contributed by atoms with Crippen LogP contribution in [0, 0.1) is 10.1 Å². The van der Waals surface area contributed by atoms with Crippen LogP contribution < -0.4 is 4.74 Å². The number of amides is 1. The molecule has 1 amide bonds. The summed E-state index contributed by atoms with van der Waals surface area (Å²) in [5.74, 6) is -1.44. The highest BCUT2D eigenvalue weighted by Crippen LogP contribution is 2.31. The first kappa shape index (κ1) is 17.0. The van der Waals surface area contributed by atoms with E-state index in [4.69, 9.17) is 4.74 Å². The van der Waals surface area contributed by atoms with Crippen LogP contribution in [-0.2, 0) is 4.79 Å². The lowest BCUT2D eigenvalue weighted by molar-refractivity contribution is -0.384. The molecule has 1 aliphatic heterocycles. The van der Waals surface area contributed by atoms with Gasteiger partial charge in [0.05, 0.1) is 4.92 Å². The first-order chi connectivity index (χ1) is 10.6. The monoisotopic (exact) mass is 332 g/mol. The molecular weight excluding hydrogens is 317 g/mol. The molecule has 0 atom stereocenters. The van der Waals surface area contributed by atoms with Gasteiger partial charge in [-0.3, -0.25) is 14.9 Å². The number of hydrogen-bond donors (Lipinski definition) is 0. The number of ether oxygens (including phenoxy) is 1. The second-order valence-electron chi connectivity index (χ2n) is 5.59. The average molecular weight is 332 g/mol. The van der Waals surface area contributed by atoms with Gasteiger partial charge in [-0.15, -0.1) is 0 Å². The minimum atomic E-state index is -4.87. The molecule has 1 aromatic rings. The molecule has 9 heteroatoms. The van der Waals surface area contributed by atoms with Gasteiger partial charge in [0.15, 0.2) is 0 Å². The van der Waals surface area contributed by atoms with Crippen LogP contribution >= 0.6 is 0 Å². The highest BCUT2D eigenvalue weighted by molar-refractivity contribution is 5.81. The zero-order valence-electron chi connectivity index (χ0n) is 12.3. The molecule has 6 nitrogen and oxygen atoms in total. The van der Waals surface area contributed by atoms with Gasteiger partial charge in [0, 0.05) is 38.1 Å². The molecule has 23 heavy (non-hydrogen) atoms. The molecule has 0 spiro atoms. The van der Waals surface area contributed by atoms with E-state index in [1.165, 1.54) is 24.3 Å². The zero-order valence-corrected chi connectivity index (χ0v) is 12.3. The summed E-state index contributed by atoms with van der Waals surface area (Å²) in [5, 5.41) is 10.6. The van der Waals surface area contributed by atoms with Gasteiger partial charge in [-0.2, -0.15) is 13.2 Å². The summed E-state index contributed by atoms with van der Waals surface area (Å²) in [6.07, 6.45) is -4.38. The van der Waals surface area contributed by atoms with E-state index in [-0.39, 0.29) is 31.6 Å². The van der Waals surface area contributed by atoms with Crippen LogP contribution in [0.15, 0.2) is 24.3 Å². The molecule has 2 rings (SSSR count). The number of hydrogen-bond acceptors (Lipinski definition) is 4. The van der Waals surface area contributed by atoms with Crippen molar-refractivity contribution in [2.24, 2.45) is 0 Å². The molecule has 0 aromatic heterocycles. The Balaban J connectivity index is 1.97. The molecule has 0 unspecified atom stereocenters. The molecule has 1 fully saturated rings. The summed E-state index contributed by atoms with van der Waals surface area (Å²) in [6.45, 7) is 1.63. The number of likely N-dealkylation sites (tertiary alicyclic amines) is 1. The summed E-state index contributed by atoms with van der Waals surface area (Å²) in [6, 6.07) is 5.47. The third kappa shape index (κ3) is 4.11. The number of nitro benzene ring substituents is 1. The Morgan fingerprint density at radius 2 is 1.78 bits per heavy atom. The molecule has 0 bridgehead atoms. The minimum absolute atomic E-state index is 0.0537. The van der Waals surface area contributed by atoms with Gasteiger partial charge in [0.1, 0.15) is 11.4 Å². The van der Waals surface area contributed by atoms with Crippen molar-refractivity contribution >= 4 is 11.6 Å². The largest absolute Gasteiger partial charge is 0.487 e. The van der Waals surface area contributed by atoms with Crippen molar-refractivity contribution in [3.8, 4) is 5.75 Å². The van der Waals surface area contributed by atoms with Crippen LogP contribution in [0.25, 0.3) is 0 Å². The number of benzene rings is 1. The van der Waals surface area contributed by atoms with E-state index in [0.29, 0.717) is 5.75 Å². The van der Waals surface area contributed by atoms with E-state index in [1.54, 1.807) is 6.92 Å². The van der Waals surface area contributed by atoms with Gasteiger partial charge >= 0.3 is 12.1 Å². The number of nitrogens with zero attached hydrogens (tertiary/aromatic N) is 2. The van der Waals surface area contributed by atoms with Crippen LogP contribution in [0.2, 0.25) is 0 Å². The Bertz CT molecular complexity index is 593. The highest BCUT2D eigenvalue weighted by atomic mass is 19.4. The van der Waals surface area contributed by atoms with Gasteiger partial charge in [0.25, 0.3) is 5.69 Å². The minimum Gasteiger partial charge on any atom is -0.487 e. The molecule has 0 saturated carbocycles. The van der Waals surface area contributed by atoms with Gasteiger partial charge in [-0.25, -0.2) is 0 Å². The fourth-order valence-electron chi connectivity index (χ4n) is 2.38. The number of rotatable bonds is 3. The van der Waals surface area contributed by atoms with Crippen molar-refractivity contribution in [3.63, 3.8) is 0 Å². The van der Waals surface area contributed by atoms with Crippen LogP contribution in [0.5, 0.6) is 5.75 Å². The molecule has 0 radical (unpaired) electrons. The van der Waals surface area contributed by atoms with E-state index < -0.39 is 22.6 Å².